The Labute approximate surface area is 152 Å². The number of benzene rings is 1. The number of guanidine groups is 1. The number of ether oxygens (including phenoxy) is 1. The van der Waals surface area contributed by atoms with E-state index in [1.54, 1.807) is 0 Å². The van der Waals surface area contributed by atoms with Crippen LogP contribution < -0.4 is 15.4 Å². The summed E-state index contributed by atoms with van der Waals surface area (Å²) in [5.41, 5.74) is 1.27. The lowest BCUT2D eigenvalue weighted by molar-refractivity contribution is 0.0982. The summed E-state index contributed by atoms with van der Waals surface area (Å²) in [6.45, 7) is 11.3. The standard InChI is InChI=1S/C20H34N4O/c1-5-25-18-12-8-7-11-17(18)15-22-19(21-4)23-16-20(2,3)24-13-9-6-10-14-24/h7-8,11-12H,5-6,9-10,13-16H2,1-4H3,(H2,21,22,23). The lowest BCUT2D eigenvalue weighted by atomic mass is 9.98. The Morgan fingerprint density at radius 2 is 1.88 bits per heavy atom. The predicted molar refractivity (Wildman–Crippen MR) is 105 cm³/mol. The molecule has 1 aliphatic heterocycles. The van der Waals surface area contributed by atoms with Crippen LogP contribution in [0, 0.1) is 0 Å². The van der Waals surface area contributed by atoms with Crippen molar-refractivity contribution >= 4 is 5.96 Å². The number of hydrogen-bond acceptors (Lipinski definition) is 3. The zero-order valence-corrected chi connectivity index (χ0v) is 16.3. The van der Waals surface area contributed by atoms with Gasteiger partial charge >= 0.3 is 0 Å². The molecule has 0 atom stereocenters. The van der Waals surface area contributed by atoms with Gasteiger partial charge in [-0.3, -0.25) is 9.89 Å². The van der Waals surface area contributed by atoms with Crippen molar-refractivity contribution in [3.05, 3.63) is 29.8 Å². The lowest BCUT2D eigenvalue weighted by Gasteiger charge is -2.41. The molecule has 1 aromatic carbocycles. The van der Waals surface area contributed by atoms with Crippen LogP contribution in [0.1, 0.15) is 45.6 Å². The van der Waals surface area contributed by atoms with E-state index in [0.29, 0.717) is 13.2 Å². The number of likely N-dealkylation sites (tertiary alicyclic amines) is 1. The van der Waals surface area contributed by atoms with Crippen LogP contribution in [0.4, 0.5) is 0 Å². The number of hydrogen-bond donors (Lipinski definition) is 2. The predicted octanol–water partition coefficient (Wildman–Crippen LogP) is 3.01. The number of nitrogens with zero attached hydrogens (tertiary/aromatic N) is 2. The summed E-state index contributed by atoms with van der Waals surface area (Å²) in [6.07, 6.45) is 3.98. The van der Waals surface area contributed by atoms with E-state index in [-0.39, 0.29) is 5.54 Å². The van der Waals surface area contributed by atoms with E-state index in [1.807, 2.05) is 32.2 Å². The molecule has 1 aliphatic rings. The van der Waals surface area contributed by atoms with E-state index in [0.717, 1.165) is 23.8 Å². The van der Waals surface area contributed by atoms with E-state index in [2.05, 4.69) is 40.4 Å². The van der Waals surface area contributed by atoms with Gasteiger partial charge in [-0.05, 0) is 52.8 Å². The van der Waals surface area contributed by atoms with E-state index in [4.69, 9.17) is 4.74 Å². The van der Waals surface area contributed by atoms with Crippen molar-refractivity contribution in [1.29, 1.82) is 0 Å². The molecule has 0 aromatic heterocycles. The molecule has 2 rings (SSSR count). The molecule has 0 saturated carbocycles. The fourth-order valence-electron chi connectivity index (χ4n) is 3.26. The third-order valence-electron chi connectivity index (χ3n) is 4.84. The maximum Gasteiger partial charge on any atom is 0.191 e. The Morgan fingerprint density at radius 3 is 2.56 bits per heavy atom. The molecule has 140 valence electrons. The largest absolute Gasteiger partial charge is 0.494 e. The van der Waals surface area contributed by atoms with Crippen molar-refractivity contribution in [3.8, 4) is 5.75 Å². The maximum atomic E-state index is 5.69. The fourth-order valence-corrected chi connectivity index (χ4v) is 3.26. The number of para-hydroxylation sites is 1. The second-order valence-electron chi connectivity index (χ2n) is 7.18. The van der Waals surface area contributed by atoms with Gasteiger partial charge < -0.3 is 15.4 Å². The molecule has 0 spiro atoms. The van der Waals surface area contributed by atoms with E-state index < -0.39 is 0 Å². The zero-order chi connectivity index (χ0) is 18.1. The quantitative estimate of drug-likeness (QED) is 0.589. The molecule has 1 fully saturated rings. The van der Waals surface area contributed by atoms with Gasteiger partial charge in [0.25, 0.3) is 0 Å². The summed E-state index contributed by atoms with van der Waals surface area (Å²) >= 11 is 0. The summed E-state index contributed by atoms with van der Waals surface area (Å²) in [4.78, 5) is 6.95. The highest BCUT2D eigenvalue weighted by molar-refractivity contribution is 5.79. The summed E-state index contributed by atoms with van der Waals surface area (Å²) in [5.74, 6) is 1.76. The van der Waals surface area contributed by atoms with Gasteiger partial charge in [-0.15, -0.1) is 0 Å². The first-order valence-electron chi connectivity index (χ1n) is 9.47. The van der Waals surface area contributed by atoms with Gasteiger partial charge in [-0.1, -0.05) is 24.6 Å². The number of nitrogens with one attached hydrogen (secondary N) is 2. The summed E-state index contributed by atoms with van der Waals surface area (Å²) in [5, 5.41) is 6.89. The van der Waals surface area contributed by atoms with E-state index >= 15 is 0 Å². The molecular formula is C20H34N4O. The summed E-state index contributed by atoms with van der Waals surface area (Å²) < 4.78 is 5.69. The minimum atomic E-state index is 0.126. The van der Waals surface area contributed by atoms with Crippen molar-refractivity contribution < 1.29 is 4.74 Å². The van der Waals surface area contributed by atoms with Crippen LogP contribution in [0.5, 0.6) is 5.75 Å². The molecule has 0 unspecified atom stereocenters. The van der Waals surface area contributed by atoms with Gasteiger partial charge in [0.1, 0.15) is 5.75 Å². The first-order chi connectivity index (χ1) is 12.1. The SMILES string of the molecule is CCOc1ccccc1CNC(=NC)NCC(C)(C)N1CCCCC1. The molecule has 5 nitrogen and oxygen atoms in total. The lowest BCUT2D eigenvalue weighted by Crippen LogP contribution is -2.54. The third kappa shape index (κ3) is 5.92. The van der Waals surface area contributed by atoms with Crippen LogP contribution in [0.2, 0.25) is 0 Å². The maximum absolute atomic E-state index is 5.69. The molecular weight excluding hydrogens is 312 g/mol. The smallest absolute Gasteiger partial charge is 0.191 e. The molecule has 1 saturated heterocycles. The summed E-state index contributed by atoms with van der Waals surface area (Å²) in [6, 6.07) is 8.14. The highest BCUT2D eigenvalue weighted by Gasteiger charge is 2.27. The Bertz CT molecular complexity index is 550. The van der Waals surface area contributed by atoms with Crippen LogP contribution in [0.15, 0.2) is 29.3 Å². The minimum absolute atomic E-state index is 0.126. The van der Waals surface area contributed by atoms with Crippen LogP contribution in [0.25, 0.3) is 0 Å². The highest BCUT2D eigenvalue weighted by Crippen LogP contribution is 2.20. The van der Waals surface area contributed by atoms with Crippen molar-refractivity contribution in [2.45, 2.75) is 52.1 Å². The second kappa shape index (κ2) is 9.66. The van der Waals surface area contributed by atoms with Crippen LogP contribution >= 0.6 is 0 Å². The van der Waals surface area contributed by atoms with Crippen molar-refractivity contribution in [3.63, 3.8) is 0 Å². The third-order valence-corrected chi connectivity index (χ3v) is 4.84. The molecule has 0 bridgehead atoms. The van der Waals surface area contributed by atoms with Gasteiger partial charge in [-0.25, -0.2) is 0 Å². The minimum Gasteiger partial charge on any atom is -0.494 e. The first-order valence-corrected chi connectivity index (χ1v) is 9.47. The Balaban J connectivity index is 1.86. The molecule has 2 N–H and O–H groups in total. The second-order valence-corrected chi connectivity index (χ2v) is 7.18. The topological polar surface area (TPSA) is 48.9 Å². The average molecular weight is 347 g/mol. The monoisotopic (exact) mass is 346 g/mol. The molecule has 1 heterocycles. The van der Waals surface area contributed by atoms with Gasteiger partial charge in [0.05, 0.1) is 6.61 Å². The van der Waals surface area contributed by atoms with Gasteiger partial charge in [0.2, 0.25) is 0 Å². The number of aliphatic imine (C=N–C) groups is 1. The van der Waals surface area contributed by atoms with Gasteiger partial charge in [0.15, 0.2) is 5.96 Å². The van der Waals surface area contributed by atoms with Crippen molar-refractivity contribution in [2.24, 2.45) is 4.99 Å². The molecule has 0 radical (unpaired) electrons. The molecule has 0 amide bonds. The Kier molecular flexibility index (Phi) is 7.56. The highest BCUT2D eigenvalue weighted by atomic mass is 16.5. The molecule has 25 heavy (non-hydrogen) atoms. The van der Waals surface area contributed by atoms with E-state index in [9.17, 15) is 0 Å². The normalized spacial score (nSPS) is 16.6. The van der Waals surface area contributed by atoms with Gasteiger partial charge in [0, 0.05) is 31.2 Å². The number of piperidine rings is 1. The Morgan fingerprint density at radius 1 is 1.16 bits per heavy atom. The van der Waals surface area contributed by atoms with Crippen LogP contribution in [-0.2, 0) is 6.54 Å². The number of rotatable bonds is 7. The Hall–Kier alpha value is -1.75. The van der Waals surface area contributed by atoms with Crippen molar-refractivity contribution in [2.75, 3.05) is 33.3 Å². The van der Waals surface area contributed by atoms with Crippen molar-refractivity contribution in [1.82, 2.24) is 15.5 Å². The van der Waals surface area contributed by atoms with Crippen LogP contribution in [-0.4, -0.2) is 49.7 Å². The van der Waals surface area contributed by atoms with E-state index in [1.165, 1.54) is 32.4 Å². The average Bonchev–Trinajstić information content (AvgIpc) is 2.64. The molecule has 5 heteroatoms. The van der Waals surface area contributed by atoms with Crippen LogP contribution in [0.3, 0.4) is 0 Å². The fraction of sp³-hybridized carbons (Fsp3) is 0.650. The van der Waals surface area contributed by atoms with Gasteiger partial charge in [-0.2, -0.15) is 0 Å². The zero-order valence-electron chi connectivity index (χ0n) is 16.3. The first kappa shape index (κ1) is 19.6. The molecule has 0 aliphatic carbocycles. The molecule has 1 aromatic rings. The summed E-state index contributed by atoms with van der Waals surface area (Å²) in [7, 11) is 1.82.